The van der Waals surface area contributed by atoms with E-state index in [0.717, 1.165) is 48.8 Å². The zero-order chi connectivity index (χ0) is 22.7. The summed E-state index contributed by atoms with van der Waals surface area (Å²) in [5, 5.41) is 0.766. The van der Waals surface area contributed by atoms with Crippen molar-refractivity contribution < 1.29 is 0 Å². The molecule has 7 heteroatoms. The number of aryl methyl sites for hydroxylation is 1. The Kier molecular flexibility index (Phi) is 5.35. The van der Waals surface area contributed by atoms with Gasteiger partial charge in [-0.3, -0.25) is 19.2 Å². The van der Waals surface area contributed by atoms with E-state index in [-0.39, 0.29) is 6.04 Å². The average Bonchev–Trinajstić information content (AvgIpc) is 3.23. The monoisotopic (exact) mass is 464 g/mol. The molecular weight excluding hydrogens is 432 g/mol. The number of imidazole rings is 1. The molecule has 0 spiro atoms. The molecule has 0 saturated carbocycles. The van der Waals surface area contributed by atoms with Gasteiger partial charge in [-0.25, -0.2) is 4.98 Å². The Morgan fingerprint density at radius 2 is 1.61 bits per heavy atom. The number of piperazine rings is 1. The normalized spacial score (nSPS) is 28.7. The van der Waals surface area contributed by atoms with Gasteiger partial charge in [0, 0.05) is 31.4 Å². The minimum Gasteiger partial charge on any atom is -0.355 e. The largest absolute Gasteiger partial charge is 0.355 e. The smallest absolute Gasteiger partial charge is 0.139 e. The third-order valence-corrected chi connectivity index (χ3v) is 8.75. The van der Waals surface area contributed by atoms with Crippen LogP contribution in [0.5, 0.6) is 0 Å². The predicted octanol–water partition coefficient (Wildman–Crippen LogP) is 4.87. The molecule has 2 bridgehead atoms. The van der Waals surface area contributed by atoms with E-state index in [2.05, 4.69) is 64.4 Å². The first kappa shape index (κ1) is 21.4. The number of nitrogens with zero attached hydrogens (tertiary/aromatic N) is 6. The standard InChI is InChI=1S/C26H33ClN6/c1-17-7-6-14-28-24(17)20-8-4-9-21(31(20)3)25-26(27)33-22(29-25)10-5-11-23(33)32-15-18-12-13-19(16-32)30(18)2/h5-7,10-11,14,18-21H,4,8-9,12-13,15-16H2,1-3H3. The van der Waals surface area contributed by atoms with E-state index in [9.17, 15) is 0 Å². The lowest BCUT2D eigenvalue weighted by Gasteiger charge is -2.40. The van der Waals surface area contributed by atoms with Gasteiger partial charge in [-0.1, -0.05) is 23.7 Å². The Morgan fingerprint density at radius 3 is 2.33 bits per heavy atom. The summed E-state index contributed by atoms with van der Waals surface area (Å²) in [5.41, 5.74) is 4.38. The summed E-state index contributed by atoms with van der Waals surface area (Å²) >= 11 is 7.14. The Hall–Kier alpha value is -2.15. The van der Waals surface area contributed by atoms with Crippen LogP contribution in [0.2, 0.25) is 5.15 Å². The van der Waals surface area contributed by atoms with Crippen molar-refractivity contribution in [3.63, 3.8) is 0 Å². The zero-order valence-corrected chi connectivity index (χ0v) is 20.5. The molecule has 3 aliphatic rings. The molecule has 3 saturated heterocycles. The molecule has 6 rings (SSSR count). The van der Waals surface area contributed by atoms with Crippen LogP contribution in [0, 0.1) is 6.92 Å². The SMILES string of the molecule is Cc1cccnc1C1CCCC(c2nc3cccc(N4CC5CCC(C4)N5C)n3c2Cl)N1C. The number of halogens is 1. The molecule has 3 aromatic rings. The molecule has 0 radical (unpaired) electrons. The lowest BCUT2D eigenvalue weighted by molar-refractivity contribution is 0.109. The molecule has 0 amide bonds. The highest BCUT2D eigenvalue weighted by Crippen LogP contribution is 2.43. The van der Waals surface area contributed by atoms with Gasteiger partial charge in [0.2, 0.25) is 0 Å². The second-order valence-electron chi connectivity index (χ2n) is 10.2. The molecule has 174 valence electrons. The summed E-state index contributed by atoms with van der Waals surface area (Å²) < 4.78 is 2.19. The van der Waals surface area contributed by atoms with Crippen molar-refractivity contribution in [2.75, 3.05) is 32.1 Å². The van der Waals surface area contributed by atoms with E-state index in [1.54, 1.807) is 0 Å². The number of pyridine rings is 2. The molecule has 0 N–H and O–H groups in total. The Balaban J connectivity index is 1.36. The number of hydrogen-bond donors (Lipinski definition) is 0. The summed E-state index contributed by atoms with van der Waals surface area (Å²) in [5.74, 6) is 1.18. The fraction of sp³-hybridized carbons (Fsp3) is 0.538. The van der Waals surface area contributed by atoms with Crippen LogP contribution in [0.15, 0.2) is 36.5 Å². The second-order valence-corrected chi connectivity index (χ2v) is 10.5. The summed E-state index contributed by atoms with van der Waals surface area (Å²) in [6.07, 6.45) is 7.82. The van der Waals surface area contributed by atoms with Crippen LogP contribution in [0.4, 0.5) is 5.82 Å². The van der Waals surface area contributed by atoms with Crippen molar-refractivity contribution in [1.29, 1.82) is 0 Å². The summed E-state index contributed by atoms with van der Waals surface area (Å²) in [4.78, 5) is 17.4. The molecule has 6 nitrogen and oxygen atoms in total. The maximum atomic E-state index is 7.14. The van der Waals surface area contributed by atoms with E-state index < -0.39 is 0 Å². The summed E-state index contributed by atoms with van der Waals surface area (Å²) in [6, 6.07) is 12.3. The van der Waals surface area contributed by atoms with Gasteiger partial charge in [0.1, 0.15) is 16.6 Å². The van der Waals surface area contributed by atoms with E-state index in [0.29, 0.717) is 18.1 Å². The first-order chi connectivity index (χ1) is 16.0. The van der Waals surface area contributed by atoms with Crippen molar-refractivity contribution in [3.05, 3.63) is 58.6 Å². The maximum absolute atomic E-state index is 7.14. The van der Waals surface area contributed by atoms with Crippen molar-refractivity contribution in [1.82, 2.24) is 24.2 Å². The molecule has 3 fully saturated rings. The number of fused-ring (bicyclic) bond motifs is 3. The van der Waals surface area contributed by atoms with Crippen molar-refractivity contribution >= 4 is 23.1 Å². The van der Waals surface area contributed by atoms with Crippen LogP contribution in [0.1, 0.15) is 61.1 Å². The third kappa shape index (κ3) is 3.46. The molecule has 4 unspecified atom stereocenters. The zero-order valence-electron chi connectivity index (χ0n) is 19.8. The van der Waals surface area contributed by atoms with Gasteiger partial charge in [0.25, 0.3) is 0 Å². The highest BCUT2D eigenvalue weighted by Gasteiger charge is 2.39. The Morgan fingerprint density at radius 1 is 0.879 bits per heavy atom. The third-order valence-electron chi connectivity index (χ3n) is 8.38. The number of piperidine rings is 1. The topological polar surface area (TPSA) is 39.9 Å². The highest BCUT2D eigenvalue weighted by atomic mass is 35.5. The molecule has 0 aliphatic carbocycles. The molecule has 3 aliphatic heterocycles. The summed E-state index contributed by atoms with van der Waals surface area (Å²) in [7, 11) is 4.49. The Bertz CT molecular complexity index is 1160. The Labute approximate surface area is 201 Å². The van der Waals surface area contributed by atoms with Crippen molar-refractivity contribution in [3.8, 4) is 0 Å². The van der Waals surface area contributed by atoms with Gasteiger partial charge in [-0.05, 0) is 76.9 Å². The number of hydrogen-bond acceptors (Lipinski definition) is 5. The summed E-state index contributed by atoms with van der Waals surface area (Å²) in [6.45, 7) is 4.27. The minimum absolute atomic E-state index is 0.189. The molecule has 3 aromatic heterocycles. The van der Waals surface area contributed by atoms with Crippen LogP contribution in [0.25, 0.3) is 5.65 Å². The number of rotatable bonds is 3. The average molecular weight is 465 g/mol. The van der Waals surface area contributed by atoms with Crippen LogP contribution in [-0.2, 0) is 0 Å². The highest BCUT2D eigenvalue weighted by molar-refractivity contribution is 6.30. The maximum Gasteiger partial charge on any atom is 0.139 e. The van der Waals surface area contributed by atoms with Gasteiger partial charge < -0.3 is 4.90 Å². The van der Waals surface area contributed by atoms with Crippen LogP contribution < -0.4 is 4.90 Å². The van der Waals surface area contributed by atoms with Crippen LogP contribution >= 0.6 is 11.6 Å². The molecule has 0 aromatic carbocycles. The molecular formula is C26H33ClN6. The first-order valence-corrected chi connectivity index (χ1v) is 12.7. The van der Waals surface area contributed by atoms with E-state index in [1.165, 1.54) is 29.9 Å². The minimum atomic E-state index is 0.189. The van der Waals surface area contributed by atoms with Crippen LogP contribution in [0.3, 0.4) is 0 Å². The lowest BCUT2D eigenvalue weighted by atomic mass is 9.91. The van der Waals surface area contributed by atoms with E-state index in [4.69, 9.17) is 21.6 Å². The van der Waals surface area contributed by atoms with E-state index >= 15 is 0 Å². The quantitative estimate of drug-likeness (QED) is 0.553. The number of anilines is 1. The number of aromatic nitrogens is 3. The second kappa shape index (κ2) is 8.26. The van der Waals surface area contributed by atoms with Gasteiger partial charge in [-0.2, -0.15) is 0 Å². The first-order valence-electron chi connectivity index (χ1n) is 12.3. The molecule has 4 atom stereocenters. The lowest BCUT2D eigenvalue weighted by Crippen LogP contribution is -2.52. The van der Waals surface area contributed by atoms with Gasteiger partial charge in [0.15, 0.2) is 0 Å². The number of likely N-dealkylation sites (N-methyl/N-ethyl adjacent to an activating group) is 1. The molecule has 6 heterocycles. The van der Waals surface area contributed by atoms with Gasteiger partial charge in [0.05, 0.1) is 23.5 Å². The van der Waals surface area contributed by atoms with Gasteiger partial charge >= 0.3 is 0 Å². The fourth-order valence-corrected chi connectivity index (χ4v) is 6.80. The predicted molar refractivity (Wildman–Crippen MR) is 133 cm³/mol. The fourth-order valence-electron chi connectivity index (χ4n) is 6.45. The van der Waals surface area contributed by atoms with Gasteiger partial charge in [-0.15, -0.1) is 0 Å². The van der Waals surface area contributed by atoms with Crippen molar-refractivity contribution in [2.45, 2.75) is 63.2 Å². The van der Waals surface area contributed by atoms with Crippen LogP contribution in [-0.4, -0.2) is 63.4 Å². The molecule has 33 heavy (non-hydrogen) atoms. The van der Waals surface area contributed by atoms with Crippen molar-refractivity contribution in [2.24, 2.45) is 0 Å². The van der Waals surface area contributed by atoms with E-state index in [1.807, 2.05) is 12.3 Å². The number of likely N-dealkylation sites (tertiary alicyclic amines) is 1.